The van der Waals surface area contributed by atoms with E-state index in [-0.39, 0.29) is 17.8 Å². The summed E-state index contributed by atoms with van der Waals surface area (Å²) in [7, 11) is 3.92. The number of rotatable bonds is 8. The molecule has 1 heterocycles. The van der Waals surface area contributed by atoms with Crippen LogP contribution in [-0.2, 0) is 4.79 Å². The number of aryl methyl sites for hydroxylation is 1. The summed E-state index contributed by atoms with van der Waals surface area (Å²) in [6.45, 7) is 4.03. The maximum Gasteiger partial charge on any atom is 0.242 e. The van der Waals surface area contributed by atoms with Crippen LogP contribution >= 0.6 is 11.8 Å². The fourth-order valence-electron chi connectivity index (χ4n) is 3.54. The Hall–Kier alpha value is -3.49. The fraction of sp³-hybridized carbons (Fsp3) is 0.222. The number of benzene rings is 3. The molecule has 8 heteroatoms. The van der Waals surface area contributed by atoms with Crippen molar-refractivity contribution < 1.29 is 9.18 Å². The van der Waals surface area contributed by atoms with Crippen molar-refractivity contribution in [3.05, 3.63) is 102 Å². The number of halogens is 1. The molecule has 0 unspecified atom stereocenters. The van der Waals surface area contributed by atoms with Gasteiger partial charge in [0.05, 0.1) is 6.04 Å². The molecule has 0 fully saturated rings. The van der Waals surface area contributed by atoms with E-state index in [1.54, 1.807) is 12.1 Å². The summed E-state index contributed by atoms with van der Waals surface area (Å²) in [5, 5.41) is 11.9. The monoisotopic (exact) mass is 489 g/mol. The summed E-state index contributed by atoms with van der Waals surface area (Å²) in [6, 6.07) is 23.4. The van der Waals surface area contributed by atoms with Crippen molar-refractivity contribution in [1.82, 2.24) is 19.7 Å². The molecule has 6 nitrogen and oxygen atoms in total. The maximum absolute atomic E-state index is 13.7. The number of thioether (sulfide) groups is 1. The Kier molecular flexibility index (Phi) is 7.63. The number of aromatic nitrogens is 3. The minimum Gasteiger partial charge on any atom is -0.325 e. The minimum absolute atomic E-state index is 0.0570. The number of nitrogens with one attached hydrogen (secondary N) is 1. The third-order valence-electron chi connectivity index (χ3n) is 5.77. The summed E-state index contributed by atoms with van der Waals surface area (Å²) in [6.07, 6.45) is 0. The molecule has 2 atom stereocenters. The highest BCUT2D eigenvalue weighted by Crippen LogP contribution is 2.38. The Balaban J connectivity index is 1.74. The summed E-state index contributed by atoms with van der Waals surface area (Å²) in [4.78, 5) is 15.5. The van der Waals surface area contributed by atoms with Gasteiger partial charge in [-0.05, 0) is 69.9 Å². The summed E-state index contributed by atoms with van der Waals surface area (Å²) >= 11 is 1.31. The molecular formula is C27H28FN5OS. The summed E-state index contributed by atoms with van der Waals surface area (Å²) in [5.74, 6) is 0.216. The molecular weight excluding hydrogens is 461 g/mol. The molecule has 1 aromatic heterocycles. The average molecular weight is 490 g/mol. The number of carbonyl (C=O) groups is 1. The number of hydrogen-bond donors (Lipinski definition) is 1. The van der Waals surface area contributed by atoms with Gasteiger partial charge in [-0.3, -0.25) is 14.3 Å². The number of nitrogens with zero attached hydrogens (tertiary/aromatic N) is 4. The second-order valence-electron chi connectivity index (χ2n) is 8.56. The van der Waals surface area contributed by atoms with Crippen molar-refractivity contribution in [2.45, 2.75) is 30.3 Å². The number of amides is 1. The Labute approximate surface area is 209 Å². The van der Waals surface area contributed by atoms with Gasteiger partial charge in [0.2, 0.25) is 5.91 Å². The summed E-state index contributed by atoms with van der Waals surface area (Å²) in [5.41, 5.74) is 3.42. The van der Waals surface area contributed by atoms with Crippen molar-refractivity contribution in [2.24, 2.45) is 0 Å². The fourth-order valence-corrected chi connectivity index (χ4v) is 4.61. The molecule has 3 aromatic carbocycles. The van der Waals surface area contributed by atoms with E-state index in [0.29, 0.717) is 11.0 Å². The topological polar surface area (TPSA) is 63.1 Å². The van der Waals surface area contributed by atoms with Gasteiger partial charge in [-0.25, -0.2) is 4.39 Å². The van der Waals surface area contributed by atoms with Gasteiger partial charge in [0.1, 0.15) is 11.1 Å². The molecule has 1 N–H and O–H groups in total. The first kappa shape index (κ1) is 24.6. The molecule has 1 amide bonds. The van der Waals surface area contributed by atoms with Crippen LogP contribution in [0.25, 0.3) is 5.69 Å². The van der Waals surface area contributed by atoms with Crippen molar-refractivity contribution in [2.75, 3.05) is 19.4 Å². The van der Waals surface area contributed by atoms with E-state index in [9.17, 15) is 9.18 Å². The van der Waals surface area contributed by atoms with Gasteiger partial charge in [0.25, 0.3) is 0 Å². The third kappa shape index (κ3) is 5.78. The second kappa shape index (κ2) is 10.8. The van der Waals surface area contributed by atoms with Crippen molar-refractivity contribution in [1.29, 1.82) is 0 Å². The van der Waals surface area contributed by atoms with Crippen LogP contribution in [0.1, 0.15) is 35.2 Å². The molecule has 35 heavy (non-hydrogen) atoms. The van der Waals surface area contributed by atoms with Gasteiger partial charge in [-0.15, -0.1) is 10.2 Å². The molecule has 4 rings (SSSR count). The predicted molar refractivity (Wildman–Crippen MR) is 138 cm³/mol. The van der Waals surface area contributed by atoms with Crippen LogP contribution in [0, 0.1) is 12.7 Å². The zero-order valence-corrected chi connectivity index (χ0v) is 21.0. The number of carbonyl (C=O) groups excluding carboxylic acids is 1. The van der Waals surface area contributed by atoms with Gasteiger partial charge in [0.15, 0.2) is 11.0 Å². The Morgan fingerprint density at radius 2 is 1.63 bits per heavy atom. The Morgan fingerprint density at radius 3 is 2.26 bits per heavy atom. The molecule has 0 spiro atoms. The number of hydrogen-bond acceptors (Lipinski definition) is 5. The van der Waals surface area contributed by atoms with Crippen molar-refractivity contribution in [3.8, 4) is 5.69 Å². The van der Waals surface area contributed by atoms with E-state index < -0.39 is 5.25 Å². The lowest BCUT2D eigenvalue weighted by atomic mass is 10.1. The van der Waals surface area contributed by atoms with Gasteiger partial charge >= 0.3 is 0 Å². The SMILES string of the molecule is Cc1ccc(NC(=O)[C@@H](Sc2nnc([C@@H](C)N(C)C)n2-c2ccc(F)cc2)c2ccccc2)cc1. The highest BCUT2D eigenvalue weighted by molar-refractivity contribution is 8.00. The smallest absolute Gasteiger partial charge is 0.242 e. The lowest BCUT2D eigenvalue weighted by molar-refractivity contribution is -0.115. The lowest BCUT2D eigenvalue weighted by Gasteiger charge is -2.21. The molecule has 0 aliphatic heterocycles. The second-order valence-corrected chi connectivity index (χ2v) is 9.63. The first-order chi connectivity index (χ1) is 16.8. The molecule has 0 radical (unpaired) electrons. The number of anilines is 1. The van der Waals surface area contributed by atoms with E-state index in [0.717, 1.165) is 22.5 Å². The quantitative estimate of drug-likeness (QED) is 0.317. The third-order valence-corrected chi connectivity index (χ3v) is 6.97. The van der Waals surface area contributed by atoms with Crippen LogP contribution in [0.5, 0.6) is 0 Å². The van der Waals surface area contributed by atoms with Crippen LogP contribution in [0.3, 0.4) is 0 Å². The average Bonchev–Trinajstić information content (AvgIpc) is 3.27. The first-order valence-electron chi connectivity index (χ1n) is 11.3. The van der Waals surface area contributed by atoms with Gasteiger partial charge < -0.3 is 5.32 Å². The highest BCUT2D eigenvalue weighted by atomic mass is 32.2. The molecule has 4 aromatic rings. The molecule has 0 aliphatic carbocycles. The standard InChI is InChI=1S/C27H28FN5OS/c1-18-10-14-22(15-11-18)29-26(34)24(20-8-6-5-7-9-20)35-27-31-30-25(19(2)32(3)4)33(27)23-16-12-21(28)13-17-23/h5-17,19,24H,1-4H3,(H,29,34)/t19-,24+/m1/s1. The van der Waals surface area contributed by atoms with Crippen molar-refractivity contribution >= 4 is 23.4 Å². The van der Waals surface area contributed by atoms with E-state index in [1.807, 2.05) is 92.0 Å². The van der Waals surface area contributed by atoms with Crippen LogP contribution < -0.4 is 5.32 Å². The van der Waals surface area contributed by atoms with Gasteiger partial charge in [-0.1, -0.05) is 59.8 Å². The zero-order chi connectivity index (χ0) is 24.9. The van der Waals surface area contributed by atoms with E-state index in [4.69, 9.17) is 0 Å². The molecule has 0 saturated carbocycles. The normalized spacial score (nSPS) is 13.0. The van der Waals surface area contributed by atoms with Crippen LogP contribution in [-0.4, -0.2) is 39.7 Å². The largest absolute Gasteiger partial charge is 0.325 e. The van der Waals surface area contributed by atoms with Crippen molar-refractivity contribution in [3.63, 3.8) is 0 Å². The minimum atomic E-state index is -0.580. The summed E-state index contributed by atoms with van der Waals surface area (Å²) < 4.78 is 15.6. The lowest BCUT2D eigenvalue weighted by Crippen LogP contribution is -2.21. The molecule has 180 valence electrons. The first-order valence-corrected chi connectivity index (χ1v) is 12.2. The van der Waals surface area contributed by atoms with Crippen LogP contribution in [0.4, 0.5) is 10.1 Å². The van der Waals surface area contributed by atoms with Crippen LogP contribution in [0.15, 0.2) is 84.0 Å². The molecule has 0 aliphatic rings. The predicted octanol–water partition coefficient (Wildman–Crippen LogP) is 5.81. The zero-order valence-electron chi connectivity index (χ0n) is 20.1. The van der Waals surface area contributed by atoms with Gasteiger partial charge in [-0.2, -0.15) is 0 Å². The molecule has 0 saturated heterocycles. The molecule has 0 bridgehead atoms. The van der Waals surface area contributed by atoms with Crippen LogP contribution in [0.2, 0.25) is 0 Å². The Bertz CT molecular complexity index is 1270. The maximum atomic E-state index is 13.7. The van der Waals surface area contributed by atoms with E-state index in [1.165, 1.54) is 23.9 Å². The van der Waals surface area contributed by atoms with E-state index in [2.05, 4.69) is 15.5 Å². The highest BCUT2D eigenvalue weighted by Gasteiger charge is 2.28. The van der Waals surface area contributed by atoms with Gasteiger partial charge in [0, 0.05) is 11.4 Å². The van der Waals surface area contributed by atoms with E-state index >= 15 is 0 Å². The Morgan fingerprint density at radius 1 is 0.971 bits per heavy atom.